The number of aryl methyl sites for hydroxylation is 1. The zero-order valence-corrected chi connectivity index (χ0v) is 10.7. The van der Waals surface area contributed by atoms with E-state index in [-0.39, 0.29) is 11.6 Å². The van der Waals surface area contributed by atoms with Crippen LogP contribution in [0.2, 0.25) is 0 Å². The maximum atomic E-state index is 13.1. The van der Waals surface area contributed by atoms with Crippen molar-refractivity contribution in [2.45, 2.75) is 6.92 Å². The van der Waals surface area contributed by atoms with E-state index in [0.29, 0.717) is 21.3 Å². The molecule has 0 amide bonds. The van der Waals surface area contributed by atoms with Gasteiger partial charge in [0.2, 0.25) is 5.78 Å². The lowest BCUT2D eigenvalue weighted by Crippen LogP contribution is -2.05. The van der Waals surface area contributed by atoms with Crippen molar-refractivity contribution in [3.05, 3.63) is 63.6 Å². The van der Waals surface area contributed by atoms with Gasteiger partial charge in [-0.3, -0.25) is 9.78 Å². The molecular weight excluding hydrogens is 285 g/mol. The average Bonchev–Trinajstić information content (AvgIpc) is 2.32. The summed E-state index contributed by atoms with van der Waals surface area (Å²) in [5, 5.41) is 0. The van der Waals surface area contributed by atoms with E-state index < -0.39 is 0 Å². The third-order valence-electron chi connectivity index (χ3n) is 2.39. The van der Waals surface area contributed by atoms with Gasteiger partial charge in [0.1, 0.15) is 11.5 Å². The Morgan fingerprint density at radius 2 is 2.12 bits per heavy atom. The Morgan fingerprint density at radius 1 is 1.35 bits per heavy atom. The summed E-state index contributed by atoms with van der Waals surface area (Å²) >= 11 is 3.27. The molecule has 0 spiro atoms. The fraction of sp³-hybridized carbons (Fsp3) is 0.0769. The smallest absolute Gasteiger partial charge is 0.212 e. The van der Waals surface area contributed by atoms with Crippen LogP contribution < -0.4 is 0 Å². The van der Waals surface area contributed by atoms with Crippen molar-refractivity contribution in [1.82, 2.24) is 4.98 Å². The number of carbonyl (C=O) groups is 1. The molecule has 0 aliphatic rings. The molecular formula is C13H9BrFNO. The van der Waals surface area contributed by atoms with Crippen molar-refractivity contribution in [2.75, 3.05) is 0 Å². The maximum absolute atomic E-state index is 13.1. The largest absolute Gasteiger partial charge is 0.287 e. The van der Waals surface area contributed by atoms with Gasteiger partial charge in [-0.1, -0.05) is 0 Å². The minimum atomic E-state index is -0.318. The fourth-order valence-electron chi connectivity index (χ4n) is 1.48. The van der Waals surface area contributed by atoms with Crippen LogP contribution in [0.1, 0.15) is 21.6 Å². The molecule has 2 aromatic rings. The molecule has 0 bridgehead atoms. The van der Waals surface area contributed by atoms with Gasteiger partial charge in [0.15, 0.2) is 0 Å². The molecule has 1 aromatic heterocycles. The number of rotatable bonds is 2. The average molecular weight is 294 g/mol. The molecule has 2 nitrogen and oxygen atoms in total. The summed E-state index contributed by atoms with van der Waals surface area (Å²) in [5.41, 5.74) is 1.21. The van der Waals surface area contributed by atoms with Crippen LogP contribution in [0.3, 0.4) is 0 Å². The third kappa shape index (κ3) is 2.42. The highest BCUT2D eigenvalue weighted by molar-refractivity contribution is 9.10. The van der Waals surface area contributed by atoms with Crippen LogP contribution in [0.5, 0.6) is 0 Å². The predicted molar refractivity (Wildman–Crippen MR) is 66.5 cm³/mol. The van der Waals surface area contributed by atoms with Gasteiger partial charge in [0.05, 0.1) is 0 Å². The number of hydrogen-bond donors (Lipinski definition) is 0. The summed E-state index contributed by atoms with van der Waals surface area (Å²) < 4.78 is 13.7. The minimum Gasteiger partial charge on any atom is -0.287 e. The second kappa shape index (κ2) is 4.75. The van der Waals surface area contributed by atoms with E-state index in [1.807, 2.05) is 0 Å². The number of carbonyl (C=O) groups excluding carboxylic acids is 1. The van der Waals surface area contributed by atoms with E-state index in [2.05, 4.69) is 20.9 Å². The van der Waals surface area contributed by atoms with Crippen molar-refractivity contribution >= 4 is 21.7 Å². The Labute approximate surface area is 107 Å². The second-order valence-corrected chi connectivity index (χ2v) is 4.48. The summed E-state index contributed by atoms with van der Waals surface area (Å²) in [6.45, 7) is 1.62. The fourth-order valence-corrected chi connectivity index (χ4v) is 1.91. The summed E-state index contributed by atoms with van der Waals surface area (Å²) in [6, 6.07) is 7.76. The lowest BCUT2D eigenvalue weighted by molar-refractivity contribution is 0.103. The molecule has 0 N–H and O–H groups in total. The molecule has 2 rings (SSSR count). The first-order valence-corrected chi connectivity index (χ1v) is 5.80. The molecule has 0 aliphatic carbocycles. The quantitative estimate of drug-likeness (QED) is 0.793. The van der Waals surface area contributed by atoms with E-state index >= 15 is 0 Å². The molecule has 0 unspecified atom stereocenters. The van der Waals surface area contributed by atoms with E-state index in [9.17, 15) is 9.18 Å². The van der Waals surface area contributed by atoms with Crippen molar-refractivity contribution in [1.29, 1.82) is 0 Å². The summed E-state index contributed by atoms with van der Waals surface area (Å²) in [7, 11) is 0. The number of ketones is 1. The monoisotopic (exact) mass is 293 g/mol. The third-order valence-corrected chi connectivity index (χ3v) is 3.03. The summed E-state index contributed by atoms with van der Waals surface area (Å²) in [4.78, 5) is 16.1. The van der Waals surface area contributed by atoms with Crippen LogP contribution in [0.25, 0.3) is 0 Å². The van der Waals surface area contributed by atoms with Crippen LogP contribution in [0.4, 0.5) is 4.39 Å². The molecule has 0 saturated heterocycles. The lowest BCUT2D eigenvalue weighted by atomic mass is 10.1. The van der Waals surface area contributed by atoms with Gasteiger partial charge in [-0.2, -0.15) is 0 Å². The van der Waals surface area contributed by atoms with Crippen LogP contribution in [-0.4, -0.2) is 10.8 Å². The first kappa shape index (κ1) is 11.9. The predicted octanol–water partition coefficient (Wildman–Crippen LogP) is 3.52. The number of nitrogens with zero attached hydrogens (tertiary/aromatic N) is 1. The van der Waals surface area contributed by atoms with E-state index in [1.54, 1.807) is 25.3 Å². The minimum absolute atomic E-state index is 0.222. The molecule has 0 atom stereocenters. The molecule has 0 radical (unpaired) electrons. The standard InChI is InChI=1S/C13H9BrFNO/c1-8-7-9(4-5-11(8)15)13(17)12-10(14)3-2-6-16-12/h2-7H,1H3. The number of pyridine rings is 1. The second-order valence-electron chi connectivity index (χ2n) is 3.63. The van der Waals surface area contributed by atoms with E-state index in [0.717, 1.165) is 0 Å². The first-order chi connectivity index (χ1) is 8.09. The van der Waals surface area contributed by atoms with Crippen LogP contribution in [0.15, 0.2) is 41.0 Å². The van der Waals surface area contributed by atoms with Gasteiger partial charge in [0.25, 0.3) is 0 Å². The molecule has 86 valence electrons. The van der Waals surface area contributed by atoms with Gasteiger partial charge in [0, 0.05) is 16.2 Å². The molecule has 0 saturated carbocycles. The lowest BCUT2D eigenvalue weighted by Gasteiger charge is -2.04. The Hall–Kier alpha value is -1.55. The molecule has 0 fully saturated rings. The summed E-state index contributed by atoms with van der Waals surface area (Å²) in [5.74, 6) is -0.540. The van der Waals surface area contributed by atoms with Crippen molar-refractivity contribution in [3.8, 4) is 0 Å². The highest BCUT2D eigenvalue weighted by Gasteiger charge is 2.14. The molecule has 4 heteroatoms. The van der Waals surface area contributed by atoms with E-state index in [1.165, 1.54) is 18.2 Å². The highest BCUT2D eigenvalue weighted by Crippen LogP contribution is 2.18. The molecule has 0 aliphatic heterocycles. The number of benzene rings is 1. The molecule has 17 heavy (non-hydrogen) atoms. The SMILES string of the molecule is Cc1cc(C(=O)c2ncccc2Br)ccc1F. The van der Waals surface area contributed by atoms with Gasteiger partial charge in [-0.05, 0) is 58.7 Å². The summed E-state index contributed by atoms with van der Waals surface area (Å²) in [6.07, 6.45) is 1.55. The Kier molecular flexibility index (Phi) is 3.33. The normalized spacial score (nSPS) is 10.3. The van der Waals surface area contributed by atoms with E-state index in [4.69, 9.17) is 0 Å². The maximum Gasteiger partial charge on any atom is 0.212 e. The molecule has 1 aromatic carbocycles. The van der Waals surface area contributed by atoms with Crippen molar-refractivity contribution < 1.29 is 9.18 Å². The van der Waals surface area contributed by atoms with Crippen molar-refractivity contribution in [3.63, 3.8) is 0 Å². The highest BCUT2D eigenvalue weighted by atomic mass is 79.9. The Balaban J connectivity index is 2.44. The van der Waals surface area contributed by atoms with Crippen LogP contribution >= 0.6 is 15.9 Å². The molecule has 1 heterocycles. The number of halogens is 2. The zero-order valence-electron chi connectivity index (χ0n) is 9.08. The zero-order chi connectivity index (χ0) is 12.4. The Bertz CT molecular complexity index is 583. The first-order valence-electron chi connectivity index (χ1n) is 5.01. The van der Waals surface area contributed by atoms with Crippen molar-refractivity contribution in [2.24, 2.45) is 0 Å². The Morgan fingerprint density at radius 3 is 2.76 bits per heavy atom. The van der Waals surface area contributed by atoms with Gasteiger partial charge < -0.3 is 0 Å². The number of hydrogen-bond acceptors (Lipinski definition) is 2. The van der Waals surface area contributed by atoms with Crippen LogP contribution in [0, 0.1) is 12.7 Å². The van der Waals surface area contributed by atoms with Gasteiger partial charge >= 0.3 is 0 Å². The van der Waals surface area contributed by atoms with Gasteiger partial charge in [-0.15, -0.1) is 0 Å². The number of aromatic nitrogens is 1. The topological polar surface area (TPSA) is 30.0 Å². The van der Waals surface area contributed by atoms with Gasteiger partial charge in [-0.25, -0.2) is 4.39 Å². The van der Waals surface area contributed by atoms with Crippen LogP contribution in [-0.2, 0) is 0 Å².